The first-order valence-electron chi connectivity index (χ1n) is 9.77. The maximum atomic E-state index is 12.6. The molecule has 0 atom stereocenters. The van der Waals surface area contributed by atoms with Crippen LogP contribution >= 0.6 is 11.6 Å². The van der Waals surface area contributed by atoms with Crippen LogP contribution in [0.25, 0.3) is 5.69 Å². The molecule has 0 aliphatic carbocycles. The zero-order chi connectivity index (χ0) is 20.1. The van der Waals surface area contributed by atoms with Crippen LogP contribution in [-0.4, -0.2) is 36.1 Å². The molecule has 6 nitrogen and oxygen atoms in total. The molecule has 2 N–H and O–H groups in total. The third-order valence-electron chi connectivity index (χ3n) is 5.08. The van der Waals surface area contributed by atoms with E-state index in [-0.39, 0.29) is 10.6 Å². The molecule has 0 radical (unpaired) electrons. The maximum Gasteiger partial charge on any atom is 0.292 e. The number of quaternary nitrogens is 1. The molecule has 0 amide bonds. The van der Waals surface area contributed by atoms with Crippen LogP contribution in [0.1, 0.15) is 11.1 Å². The number of nitrogens with one attached hydrogen (secondary N) is 2. The van der Waals surface area contributed by atoms with E-state index in [9.17, 15) is 4.79 Å². The standard InChI is InChI=1S/C22H23ClN4O2/c23-21-20(15-25-27(22(21)28)19-4-2-1-3-5-19)24-14-17-6-8-18(9-7-17)16-26-10-12-29-13-11-26/h1-9,15,24H,10-14,16H2/p+1. The van der Waals surface area contributed by atoms with E-state index in [1.165, 1.54) is 10.2 Å². The predicted octanol–water partition coefficient (Wildman–Crippen LogP) is 1.91. The molecular weight excluding hydrogens is 388 g/mol. The second-order valence-electron chi connectivity index (χ2n) is 7.13. The molecule has 1 aromatic heterocycles. The van der Waals surface area contributed by atoms with Crippen molar-refractivity contribution in [2.75, 3.05) is 31.6 Å². The Kier molecular flexibility index (Phi) is 6.24. The lowest BCUT2D eigenvalue weighted by molar-refractivity contribution is -0.921. The van der Waals surface area contributed by atoms with E-state index in [1.54, 1.807) is 11.1 Å². The van der Waals surface area contributed by atoms with Gasteiger partial charge in [-0.05, 0) is 17.7 Å². The largest absolute Gasteiger partial charge is 0.378 e. The second kappa shape index (κ2) is 9.22. The molecule has 2 heterocycles. The Balaban J connectivity index is 1.40. The zero-order valence-corrected chi connectivity index (χ0v) is 16.9. The molecule has 0 unspecified atom stereocenters. The van der Waals surface area contributed by atoms with Crippen LogP contribution in [0.3, 0.4) is 0 Å². The molecule has 0 spiro atoms. The Morgan fingerprint density at radius 2 is 1.72 bits per heavy atom. The van der Waals surface area contributed by atoms with Crippen LogP contribution in [0.5, 0.6) is 0 Å². The van der Waals surface area contributed by atoms with Crippen molar-refractivity contribution in [2.45, 2.75) is 13.1 Å². The lowest BCUT2D eigenvalue weighted by atomic mass is 10.1. The Morgan fingerprint density at radius 1 is 1.03 bits per heavy atom. The highest BCUT2D eigenvalue weighted by atomic mass is 35.5. The van der Waals surface area contributed by atoms with Gasteiger partial charge in [0, 0.05) is 12.1 Å². The fourth-order valence-electron chi connectivity index (χ4n) is 3.41. The molecule has 4 rings (SSSR count). The fourth-order valence-corrected chi connectivity index (χ4v) is 3.60. The first-order chi connectivity index (χ1) is 14.2. The first kappa shape index (κ1) is 19.6. The van der Waals surface area contributed by atoms with Gasteiger partial charge >= 0.3 is 0 Å². The molecule has 1 saturated heterocycles. The highest BCUT2D eigenvalue weighted by Crippen LogP contribution is 2.18. The van der Waals surface area contributed by atoms with Crippen LogP contribution in [-0.2, 0) is 17.8 Å². The summed E-state index contributed by atoms with van der Waals surface area (Å²) in [5, 5.41) is 7.60. The molecule has 0 bridgehead atoms. The van der Waals surface area contributed by atoms with Gasteiger partial charge in [-0.25, -0.2) is 0 Å². The number of morpholine rings is 1. The number of benzene rings is 2. The van der Waals surface area contributed by atoms with Crippen molar-refractivity contribution >= 4 is 17.3 Å². The summed E-state index contributed by atoms with van der Waals surface area (Å²) in [6, 6.07) is 17.8. The van der Waals surface area contributed by atoms with Crippen LogP contribution in [0.4, 0.5) is 5.69 Å². The topological polar surface area (TPSA) is 60.6 Å². The SMILES string of the molecule is O=c1c(Cl)c(NCc2ccc(C[NH+]3CCOCC3)cc2)cnn1-c1ccccc1. The van der Waals surface area contributed by atoms with Crippen molar-refractivity contribution in [1.82, 2.24) is 9.78 Å². The monoisotopic (exact) mass is 411 g/mol. The number of hydrogen-bond acceptors (Lipinski definition) is 4. The summed E-state index contributed by atoms with van der Waals surface area (Å²) in [4.78, 5) is 14.1. The number of anilines is 1. The van der Waals surface area contributed by atoms with Gasteiger partial charge in [-0.2, -0.15) is 9.78 Å². The van der Waals surface area contributed by atoms with Crippen molar-refractivity contribution in [3.05, 3.63) is 87.3 Å². The number of halogens is 1. The van der Waals surface area contributed by atoms with Crippen LogP contribution in [0.15, 0.2) is 65.6 Å². The summed E-state index contributed by atoms with van der Waals surface area (Å²) in [7, 11) is 0. The summed E-state index contributed by atoms with van der Waals surface area (Å²) in [5.74, 6) is 0. The summed E-state index contributed by atoms with van der Waals surface area (Å²) in [5.41, 5.74) is 3.31. The minimum atomic E-state index is -0.341. The molecule has 2 aromatic carbocycles. The van der Waals surface area contributed by atoms with Crippen molar-refractivity contribution in [1.29, 1.82) is 0 Å². The van der Waals surface area contributed by atoms with E-state index >= 15 is 0 Å². The van der Waals surface area contributed by atoms with Gasteiger partial charge < -0.3 is 15.0 Å². The van der Waals surface area contributed by atoms with Gasteiger partial charge in [-0.3, -0.25) is 4.79 Å². The van der Waals surface area contributed by atoms with Gasteiger partial charge in [0.2, 0.25) is 0 Å². The Labute approximate surface area is 174 Å². The molecule has 29 heavy (non-hydrogen) atoms. The lowest BCUT2D eigenvalue weighted by Crippen LogP contribution is -3.12. The number of para-hydroxylation sites is 1. The van der Waals surface area contributed by atoms with E-state index in [4.69, 9.17) is 16.3 Å². The normalized spacial score (nSPS) is 14.7. The van der Waals surface area contributed by atoms with E-state index < -0.39 is 0 Å². The Bertz CT molecular complexity index is 1000. The molecule has 1 aliphatic rings. The number of ether oxygens (including phenoxy) is 1. The zero-order valence-electron chi connectivity index (χ0n) is 16.1. The fraction of sp³-hybridized carbons (Fsp3) is 0.273. The van der Waals surface area contributed by atoms with Crippen LogP contribution in [0.2, 0.25) is 5.02 Å². The third kappa shape index (κ3) is 4.85. The molecule has 3 aromatic rings. The average Bonchev–Trinajstić information content (AvgIpc) is 2.77. The first-order valence-corrected chi connectivity index (χ1v) is 10.1. The van der Waals surface area contributed by atoms with Crippen molar-refractivity contribution < 1.29 is 9.64 Å². The number of hydrogen-bond donors (Lipinski definition) is 2. The van der Waals surface area contributed by atoms with E-state index in [1.807, 2.05) is 30.3 Å². The molecular formula is C22H24ClN4O2+. The van der Waals surface area contributed by atoms with Gasteiger partial charge in [0.05, 0.1) is 30.8 Å². The molecule has 1 aliphatic heterocycles. The highest BCUT2D eigenvalue weighted by Gasteiger charge is 2.14. The van der Waals surface area contributed by atoms with Gasteiger partial charge in [0.1, 0.15) is 24.7 Å². The summed E-state index contributed by atoms with van der Waals surface area (Å²) in [6.07, 6.45) is 1.59. The highest BCUT2D eigenvalue weighted by molar-refractivity contribution is 6.32. The summed E-state index contributed by atoms with van der Waals surface area (Å²) >= 11 is 6.30. The second-order valence-corrected chi connectivity index (χ2v) is 7.51. The quantitative estimate of drug-likeness (QED) is 0.650. The predicted molar refractivity (Wildman–Crippen MR) is 114 cm³/mol. The average molecular weight is 412 g/mol. The molecule has 7 heteroatoms. The number of aromatic nitrogens is 2. The number of nitrogens with zero attached hydrogens (tertiary/aromatic N) is 2. The Hall–Kier alpha value is -2.67. The van der Waals surface area contributed by atoms with Crippen LogP contribution < -0.4 is 15.8 Å². The van der Waals surface area contributed by atoms with E-state index in [2.05, 4.69) is 34.7 Å². The van der Waals surface area contributed by atoms with Gasteiger partial charge in [0.25, 0.3) is 5.56 Å². The Morgan fingerprint density at radius 3 is 2.45 bits per heavy atom. The molecule has 0 saturated carbocycles. The van der Waals surface area contributed by atoms with Crippen LogP contribution in [0, 0.1) is 0 Å². The van der Waals surface area contributed by atoms with Gasteiger partial charge in [-0.15, -0.1) is 0 Å². The van der Waals surface area contributed by atoms with Gasteiger partial charge in [-0.1, -0.05) is 54.1 Å². The number of rotatable bonds is 6. The third-order valence-corrected chi connectivity index (χ3v) is 5.44. The lowest BCUT2D eigenvalue weighted by Gasteiger charge is -2.23. The maximum absolute atomic E-state index is 12.6. The van der Waals surface area contributed by atoms with Crippen molar-refractivity contribution in [3.63, 3.8) is 0 Å². The van der Waals surface area contributed by atoms with Gasteiger partial charge in [0.15, 0.2) is 0 Å². The van der Waals surface area contributed by atoms with E-state index in [0.717, 1.165) is 38.4 Å². The van der Waals surface area contributed by atoms with E-state index in [0.29, 0.717) is 17.9 Å². The smallest absolute Gasteiger partial charge is 0.292 e. The summed E-state index contributed by atoms with van der Waals surface area (Å²) in [6.45, 7) is 5.39. The summed E-state index contributed by atoms with van der Waals surface area (Å²) < 4.78 is 6.71. The van der Waals surface area contributed by atoms with Crippen molar-refractivity contribution in [3.8, 4) is 5.69 Å². The minimum absolute atomic E-state index is 0.136. The van der Waals surface area contributed by atoms with Crippen molar-refractivity contribution in [2.24, 2.45) is 0 Å². The minimum Gasteiger partial charge on any atom is -0.378 e. The molecule has 1 fully saturated rings. The molecule has 150 valence electrons.